The largest absolute Gasteiger partial charge is 0.480 e. The maximum atomic E-state index is 12.2. The number of carbonyl (C=O) groups excluding carboxylic acids is 1. The monoisotopic (exact) mass is 371 g/mol. The topological polar surface area (TPSA) is 111 Å². The van der Waals surface area contributed by atoms with Crippen molar-refractivity contribution in [1.29, 1.82) is 0 Å². The van der Waals surface area contributed by atoms with Crippen LogP contribution < -0.4 is 0 Å². The van der Waals surface area contributed by atoms with Crippen LogP contribution in [-0.2, 0) is 19.1 Å². The van der Waals surface area contributed by atoms with Crippen molar-refractivity contribution in [2.24, 2.45) is 5.92 Å². The first-order valence-corrected chi connectivity index (χ1v) is 9.01. The molecule has 0 aromatic rings. The average molecular weight is 371 g/mol. The van der Waals surface area contributed by atoms with Gasteiger partial charge in [0.05, 0.1) is 5.92 Å². The van der Waals surface area contributed by atoms with E-state index >= 15 is 0 Å². The molecule has 0 bridgehead atoms. The molecule has 2 aliphatic rings. The minimum absolute atomic E-state index is 0.0878. The molecular weight excluding hydrogens is 342 g/mol. The summed E-state index contributed by atoms with van der Waals surface area (Å²) in [4.78, 5) is 35.9. The minimum atomic E-state index is -1.49. The zero-order valence-corrected chi connectivity index (χ0v) is 15.7. The molecule has 0 aliphatic carbocycles. The number of carbonyl (C=O) groups is 3. The van der Waals surface area contributed by atoms with Crippen LogP contribution in [0, 0.1) is 5.92 Å². The molecule has 0 aromatic carbocycles. The second-order valence-corrected chi connectivity index (χ2v) is 7.83. The van der Waals surface area contributed by atoms with Crippen LogP contribution in [0.5, 0.6) is 0 Å². The highest BCUT2D eigenvalue weighted by Crippen LogP contribution is 2.23. The predicted octanol–water partition coefficient (Wildman–Crippen LogP) is 0.111. The molecule has 26 heavy (non-hydrogen) atoms. The van der Waals surface area contributed by atoms with Crippen LogP contribution in [0.4, 0.5) is 0 Å². The molecule has 148 valence electrons. The van der Waals surface area contributed by atoms with E-state index in [9.17, 15) is 14.4 Å². The number of carboxylic acids is 2. The van der Waals surface area contributed by atoms with Crippen LogP contribution in [0.25, 0.3) is 0 Å². The molecular formula is C17H29N3O6. The molecule has 2 N–H and O–H groups in total. The molecule has 0 spiro atoms. The van der Waals surface area contributed by atoms with E-state index in [0.29, 0.717) is 26.2 Å². The second-order valence-electron chi connectivity index (χ2n) is 7.83. The van der Waals surface area contributed by atoms with Crippen LogP contribution >= 0.6 is 0 Å². The smallest absolute Gasteiger partial charge is 0.332 e. The van der Waals surface area contributed by atoms with Gasteiger partial charge in [-0.05, 0) is 33.6 Å². The molecule has 0 amide bonds. The number of esters is 1. The second kappa shape index (κ2) is 8.32. The number of hydrogen-bond donors (Lipinski definition) is 2. The van der Waals surface area contributed by atoms with E-state index < -0.39 is 23.6 Å². The third-order valence-corrected chi connectivity index (χ3v) is 4.74. The maximum Gasteiger partial charge on any atom is 0.332 e. The van der Waals surface area contributed by atoms with Gasteiger partial charge >= 0.3 is 17.9 Å². The van der Waals surface area contributed by atoms with Crippen LogP contribution in [0.15, 0.2) is 0 Å². The number of hydrazine groups is 1. The molecule has 9 nitrogen and oxygen atoms in total. The Morgan fingerprint density at radius 1 is 0.885 bits per heavy atom. The summed E-state index contributed by atoms with van der Waals surface area (Å²) in [6.07, 6.45) is 1.45. The van der Waals surface area contributed by atoms with Gasteiger partial charge < -0.3 is 14.9 Å². The number of piperazine rings is 1. The summed E-state index contributed by atoms with van der Waals surface area (Å²) in [5, 5.41) is 22.5. The molecule has 2 heterocycles. The summed E-state index contributed by atoms with van der Waals surface area (Å²) in [5.74, 6) is -2.89. The third kappa shape index (κ3) is 5.39. The quantitative estimate of drug-likeness (QED) is 0.514. The summed E-state index contributed by atoms with van der Waals surface area (Å²) in [6, 6.07) is -1.49. The molecule has 0 atom stereocenters. The van der Waals surface area contributed by atoms with Gasteiger partial charge in [-0.3, -0.25) is 9.69 Å². The van der Waals surface area contributed by atoms with Crippen LogP contribution in [0.1, 0.15) is 33.6 Å². The van der Waals surface area contributed by atoms with Crippen LogP contribution in [0.2, 0.25) is 0 Å². The lowest BCUT2D eigenvalue weighted by molar-refractivity contribution is -0.164. The Balaban J connectivity index is 1.80. The Hall–Kier alpha value is -1.71. The van der Waals surface area contributed by atoms with Gasteiger partial charge in [0, 0.05) is 39.3 Å². The number of piperidine rings is 1. The lowest BCUT2D eigenvalue weighted by atomic mass is 9.97. The predicted molar refractivity (Wildman–Crippen MR) is 92.3 cm³/mol. The fraction of sp³-hybridized carbons (Fsp3) is 0.824. The van der Waals surface area contributed by atoms with E-state index in [2.05, 4.69) is 10.0 Å². The Labute approximate surface area is 153 Å². The van der Waals surface area contributed by atoms with Gasteiger partial charge in [-0.25, -0.2) is 19.6 Å². The van der Waals surface area contributed by atoms with Crippen molar-refractivity contribution in [2.45, 2.75) is 45.3 Å². The van der Waals surface area contributed by atoms with Gasteiger partial charge in [-0.2, -0.15) is 0 Å². The molecule has 0 saturated carbocycles. The van der Waals surface area contributed by atoms with E-state index in [-0.39, 0.29) is 11.9 Å². The lowest BCUT2D eigenvalue weighted by Gasteiger charge is -2.44. The maximum absolute atomic E-state index is 12.2. The van der Waals surface area contributed by atoms with Gasteiger partial charge in [-0.1, -0.05) is 0 Å². The number of hydrogen-bond acceptors (Lipinski definition) is 7. The number of nitrogens with zero attached hydrogens (tertiary/aromatic N) is 3. The number of aliphatic carboxylic acids is 2. The number of ether oxygens (including phenoxy) is 1. The molecule has 0 unspecified atom stereocenters. The standard InChI is InChI=1S/C17H29N3O6/c1-17(2,3)26-16(25)12-4-6-19(7-5-12)20-10-8-18(9-11-20)13(14(21)22)15(23)24/h12-13H,4-11H2,1-3H3,(H,21,22)(H,23,24). The zero-order chi connectivity index (χ0) is 19.5. The van der Waals surface area contributed by atoms with E-state index in [0.717, 1.165) is 25.9 Å². The highest BCUT2D eigenvalue weighted by Gasteiger charge is 2.37. The van der Waals surface area contributed by atoms with Gasteiger partial charge in [0.2, 0.25) is 6.04 Å². The Morgan fingerprint density at radius 3 is 1.77 bits per heavy atom. The highest BCUT2D eigenvalue weighted by molar-refractivity contribution is 5.97. The fourth-order valence-electron chi connectivity index (χ4n) is 3.44. The normalized spacial score (nSPS) is 21.7. The Kier molecular flexibility index (Phi) is 6.59. The van der Waals surface area contributed by atoms with Crippen molar-refractivity contribution in [3.8, 4) is 0 Å². The van der Waals surface area contributed by atoms with E-state index in [1.807, 2.05) is 20.8 Å². The SMILES string of the molecule is CC(C)(C)OC(=O)C1CCN(N2CCN(C(C(=O)O)C(=O)O)CC2)CC1. The van der Waals surface area contributed by atoms with Gasteiger partial charge in [0.15, 0.2) is 0 Å². The van der Waals surface area contributed by atoms with Gasteiger partial charge in [0.25, 0.3) is 0 Å². The van der Waals surface area contributed by atoms with Crippen molar-refractivity contribution in [1.82, 2.24) is 14.9 Å². The first kappa shape index (κ1) is 20.6. The van der Waals surface area contributed by atoms with E-state index in [1.54, 1.807) is 0 Å². The van der Waals surface area contributed by atoms with E-state index in [4.69, 9.17) is 14.9 Å². The average Bonchev–Trinajstić information content (AvgIpc) is 2.53. The molecule has 2 fully saturated rings. The fourth-order valence-corrected chi connectivity index (χ4v) is 3.44. The van der Waals surface area contributed by atoms with Gasteiger partial charge in [0.1, 0.15) is 5.60 Å². The van der Waals surface area contributed by atoms with Crippen molar-refractivity contribution in [3.05, 3.63) is 0 Å². The Bertz CT molecular complexity index is 517. The molecule has 0 radical (unpaired) electrons. The van der Waals surface area contributed by atoms with Crippen molar-refractivity contribution in [2.75, 3.05) is 39.3 Å². The number of carboxylic acid groups (broad SMARTS) is 2. The van der Waals surface area contributed by atoms with E-state index in [1.165, 1.54) is 4.90 Å². The summed E-state index contributed by atoms with van der Waals surface area (Å²) in [5.41, 5.74) is -0.477. The molecule has 0 aromatic heterocycles. The number of rotatable bonds is 5. The zero-order valence-electron chi connectivity index (χ0n) is 15.7. The van der Waals surface area contributed by atoms with Crippen molar-refractivity contribution >= 4 is 17.9 Å². The molecule has 2 saturated heterocycles. The summed E-state index contributed by atoms with van der Waals surface area (Å²) >= 11 is 0. The summed E-state index contributed by atoms with van der Waals surface area (Å²) in [6.45, 7) is 8.99. The van der Waals surface area contributed by atoms with Crippen LogP contribution in [-0.4, -0.2) is 94.0 Å². The lowest BCUT2D eigenvalue weighted by Crippen LogP contribution is -2.60. The Morgan fingerprint density at radius 2 is 1.35 bits per heavy atom. The minimum Gasteiger partial charge on any atom is -0.480 e. The summed E-state index contributed by atoms with van der Waals surface area (Å²) in [7, 11) is 0. The summed E-state index contributed by atoms with van der Waals surface area (Å²) < 4.78 is 5.45. The molecule has 9 heteroatoms. The van der Waals surface area contributed by atoms with Crippen LogP contribution in [0.3, 0.4) is 0 Å². The van der Waals surface area contributed by atoms with Crippen molar-refractivity contribution in [3.63, 3.8) is 0 Å². The highest BCUT2D eigenvalue weighted by atomic mass is 16.6. The first-order valence-electron chi connectivity index (χ1n) is 9.01. The molecule has 2 aliphatic heterocycles. The third-order valence-electron chi connectivity index (χ3n) is 4.74. The first-order chi connectivity index (χ1) is 12.1. The van der Waals surface area contributed by atoms with Gasteiger partial charge in [-0.15, -0.1) is 0 Å². The molecule has 2 rings (SSSR count). The van der Waals surface area contributed by atoms with Crippen molar-refractivity contribution < 1.29 is 29.3 Å².